The highest BCUT2D eigenvalue weighted by Crippen LogP contribution is 2.01. The standard InChI is InChI=1S/C7H18N2.C2H6.H2/c1-4-5-7(2)6-9-8-3;1-2;/h7-9H,4-6H2,1-3H3;1-2H3;1H. The van der Waals surface area contributed by atoms with Crippen molar-refractivity contribution in [3.8, 4) is 0 Å². The Morgan fingerprint density at radius 2 is 1.91 bits per heavy atom. The lowest BCUT2D eigenvalue weighted by molar-refractivity contribution is 0.448. The third kappa shape index (κ3) is 13.0. The van der Waals surface area contributed by atoms with Gasteiger partial charge in [0.05, 0.1) is 0 Å². The van der Waals surface area contributed by atoms with E-state index < -0.39 is 0 Å². The third-order valence-electron chi connectivity index (χ3n) is 1.41. The quantitative estimate of drug-likeness (QED) is 0.607. The van der Waals surface area contributed by atoms with Crippen molar-refractivity contribution in [2.24, 2.45) is 5.92 Å². The number of hydrogen-bond acceptors (Lipinski definition) is 2. The smallest absolute Gasteiger partial charge is 0.0125 e. The zero-order valence-corrected chi connectivity index (χ0v) is 8.70. The Morgan fingerprint density at radius 3 is 2.27 bits per heavy atom. The van der Waals surface area contributed by atoms with Crippen LogP contribution in [0.4, 0.5) is 0 Å². The molecule has 0 spiro atoms. The molecule has 2 nitrogen and oxygen atoms in total. The molecule has 0 aromatic heterocycles. The summed E-state index contributed by atoms with van der Waals surface area (Å²) in [7, 11) is 1.90. The maximum absolute atomic E-state index is 3.08. The average Bonchev–Trinajstić information content (AvgIpc) is 2.05. The zero-order chi connectivity index (χ0) is 9.11. The van der Waals surface area contributed by atoms with Gasteiger partial charge in [-0.25, -0.2) is 0 Å². The van der Waals surface area contributed by atoms with Crippen LogP contribution in [0.25, 0.3) is 0 Å². The minimum absolute atomic E-state index is 0. The van der Waals surface area contributed by atoms with Gasteiger partial charge in [-0.2, -0.15) is 0 Å². The van der Waals surface area contributed by atoms with E-state index >= 15 is 0 Å². The predicted molar refractivity (Wildman–Crippen MR) is 54.6 cm³/mol. The van der Waals surface area contributed by atoms with Crippen molar-refractivity contribution >= 4 is 0 Å². The van der Waals surface area contributed by atoms with Gasteiger partial charge in [-0.15, -0.1) is 0 Å². The van der Waals surface area contributed by atoms with Gasteiger partial charge in [0.2, 0.25) is 0 Å². The normalized spacial score (nSPS) is 11.7. The Labute approximate surface area is 73.2 Å². The van der Waals surface area contributed by atoms with E-state index in [4.69, 9.17) is 0 Å². The first kappa shape index (κ1) is 13.5. The molecule has 2 N–H and O–H groups in total. The molecule has 1 atom stereocenters. The Hall–Kier alpha value is -0.0800. The van der Waals surface area contributed by atoms with E-state index in [0.717, 1.165) is 12.5 Å². The van der Waals surface area contributed by atoms with Crippen molar-refractivity contribution in [3.05, 3.63) is 0 Å². The van der Waals surface area contributed by atoms with Crippen molar-refractivity contribution in [3.63, 3.8) is 0 Å². The zero-order valence-electron chi connectivity index (χ0n) is 8.70. The lowest BCUT2D eigenvalue weighted by atomic mass is 10.1. The predicted octanol–water partition coefficient (Wildman–Crippen LogP) is 2.42. The van der Waals surface area contributed by atoms with Crippen molar-refractivity contribution in [2.75, 3.05) is 13.6 Å². The highest BCUT2D eigenvalue weighted by atomic mass is 15.3. The van der Waals surface area contributed by atoms with Gasteiger partial charge in [0.25, 0.3) is 0 Å². The first-order valence-electron chi connectivity index (χ1n) is 4.70. The summed E-state index contributed by atoms with van der Waals surface area (Å²) >= 11 is 0. The van der Waals surface area contributed by atoms with Crippen LogP contribution in [0.3, 0.4) is 0 Å². The molecule has 2 heteroatoms. The first-order chi connectivity index (χ1) is 5.31. The summed E-state index contributed by atoms with van der Waals surface area (Å²) in [5, 5.41) is 0. The van der Waals surface area contributed by atoms with E-state index in [-0.39, 0.29) is 1.43 Å². The summed E-state index contributed by atoms with van der Waals surface area (Å²) in [5.41, 5.74) is 5.99. The highest BCUT2D eigenvalue weighted by Gasteiger charge is 1.96. The summed E-state index contributed by atoms with van der Waals surface area (Å²) in [4.78, 5) is 0. The van der Waals surface area contributed by atoms with Gasteiger partial charge in [0, 0.05) is 7.97 Å². The van der Waals surface area contributed by atoms with Crippen molar-refractivity contribution < 1.29 is 1.43 Å². The summed E-state index contributed by atoms with van der Waals surface area (Å²) in [6, 6.07) is 0. The number of hydrogen-bond donors (Lipinski definition) is 2. The van der Waals surface area contributed by atoms with E-state index in [2.05, 4.69) is 24.7 Å². The molecule has 0 rings (SSSR count). The molecule has 0 aliphatic rings. The topological polar surface area (TPSA) is 24.1 Å². The van der Waals surface area contributed by atoms with Gasteiger partial charge >= 0.3 is 0 Å². The maximum atomic E-state index is 3.08. The van der Waals surface area contributed by atoms with Crippen LogP contribution in [0.15, 0.2) is 0 Å². The Bertz CT molecular complexity index is 60.5. The minimum Gasteiger partial charge on any atom is -0.261 e. The maximum Gasteiger partial charge on any atom is 0.0125 e. The average molecular weight is 162 g/mol. The summed E-state index contributed by atoms with van der Waals surface area (Å²) in [5.74, 6) is 0.794. The van der Waals surface area contributed by atoms with Crippen LogP contribution in [0.2, 0.25) is 0 Å². The van der Waals surface area contributed by atoms with E-state index in [9.17, 15) is 0 Å². The van der Waals surface area contributed by atoms with Gasteiger partial charge < -0.3 is 0 Å². The van der Waals surface area contributed by atoms with Gasteiger partial charge in [-0.05, 0) is 19.4 Å². The molecule has 0 saturated heterocycles. The molecular formula is C9H26N2. The molecular weight excluding hydrogens is 136 g/mol. The summed E-state index contributed by atoms with van der Waals surface area (Å²) in [6.45, 7) is 9.55. The van der Waals surface area contributed by atoms with Crippen molar-refractivity contribution in [1.29, 1.82) is 0 Å². The van der Waals surface area contributed by atoms with Crippen LogP contribution in [0.5, 0.6) is 0 Å². The molecule has 0 aliphatic carbocycles. The Morgan fingerprint density at radius 1 is 1.36 bits per heavy atom. The molecule has 11 heavy (non-hydrogen) atoms. The Balaban J connectivity index is -0.000000249. The van der Waals surface area contributed by atoms with E-state index in [1.165, 1.54) is 12.8 Å². The van der Waals surface area contributed by atoms with E-state index in [0.29, 0.717) is 0 Å². The van der Waals surface area contributed by atoms with Crippen LogP contribution in [-0.2, 0) is 0 Å². The van der Waals surface area contributed by atoms with E-state index in [1.54, 1.807) is 0 Å². The lowest BCUT2D eigenvalue weighted by Gasteiger charge is -2.09. The van der Waals surface area contributed by atoms with Crippen molar-refractivity contribution in [1.82, 2.24) is 10.9 Å². The molecule has 0 heterocycles. The molecule has 0 fully saturated rings. The SMILES string of the molecule is CC.CCCC(C)CNNC.[HH]. The minimum atomic E-state index is 0. The molecule has 0 radical (unpaired) electrons. The van der Waals surface area contributed by atoms with Crippen LogP contribution in [0.1, 0.15) is 42.0 Å². The fourth-order valence-corrected chi connectivity index (χ4v) is 0.871. The number of nitrogens with one attached hydrogen (secondary N) is 2. The second-order valence-corrected chi connectivity index (χ2v) is 2.52. The van der Waals surface area contributed by atoms with Crippen molar-refractivity contribution in [2.45, 2.75) is 40.5 Å². The fraction of sp³-hybridized carbons (Fsp3) is 1.00. The van der Waals surface area contributed by atoms with E-state index in [1.807, 2.05) is 20.9 Å². The second kappa shape index (κ2) is 12.6. The third-order valence-corrected chi connectivity index (χ3v) is 1.41. The van der Waals surface area contributed by atoms with Crippen LogP contribution in [-0.4, -0.2) is 13.6 Å². The van der Waals surface area contributed by atoms with Crippen LogP contribution in [0, 0.1) is 5.92 Å². The van der Waals surface area contributed by atoms with Crippen LogP contribution >= 0.6 is 0 Å². The summed E-state index contributed by atoms with van der Waals surface area (Å²) < 4.78 is 0. The number of hydrazine groups is 1. The first-order valence-corrected chi connectivity index (χ1v) is 4.70. The van der Waals surface area contributed by atoms with Crippen LogP contribution < -0.4 is 10.9 Å². The number of rotatable bonds is 5. The molecule has 0 bridgehead atoms. The molecule has 0 amide bonds. The van der Waals surface area contributed by atoms with Gasteiger partial charge in [0.1, 0.15) is 0 Å². The molecule has 1 unspecified atom stereocenters. The molecule has 72 valence electrons. The second-order valence-electron chi connectivity index (χ2n) is 2.52. The fourth-order valence-electron chi connectivity index (χ4n) is 0.871. The molecule has 0 aliphatic heterocycles. The van der Waals surface area contributed by atoms with Gasteiger partial charge in [-0.3, -0.25) is 10.9 Å². The Kier molecular flexibility index (Phi) is 15.4. The molecule has 0 aromatic rings. The molecule has 0 aromatic carbocycles. The van der Waals surface area contributed by atoms with Gasteiger partial charge in [0.15, 0.2) is 0 Å². The van der Waals surface area contributed by atoms with Gasteiger partial charge in [-0.1, -0.05) is 34.1 Å². The summed E-state index contributed by atoms with van der Waals surface area (Å²) in [6.07, 6.45) is 2.60. The molecule has 0 saturated carbocycles. The highest BCUT2D eigenvalue weighted by molar-refractivity contribution is 4.52. The lowest BCUT2D eigenvalue weighted by Crippen LogP contribution is -2.31. The monoisotopic (exact) mass is 162 g/mol. The largest absolute Gasteiger partial charge is 0.261 e.